The Morgan fingerprint density at radius 1 is 1.07 bits per heavy atom. The van der Waals surface area contributed by atoms with Gasteiger partial charge >= 0.3 is 0 Å². The monoisotopic (exact) mass is 364 g/mol. The molecule has 0 radical (unpaired) electrons. The number of amides is 1. The van der Waals surface area contributed by atoms with Gasteiger partial charge in [0.15, 0.2) is 0 Å². The first-order chi connectivity index (χ1) is 12.9. The van der Waals surface area contributed by atoms with Crippen LogP contribution in [0.2, 0.25) is 0 Å². The number of nitrogens with one attached hydrogen (secondary N) is 1. The summed E-state index contributed by atoms with van der Waals surface area (Å²) in [5.74, 6) is 0.00881. The maximum Gasteiger partial charge on any atom is 0.224 e. The lowest BCUT2D eigenvalue weighted by atomic mass is 9.86. The molecule has 27 heavy (non-hydrogen) atoms. The number of aryl methyl sites for hydroxylation is 1. The van der Waals surface area contributed by atoms with Crippen molar-refractivity contribution in [2.24, 2.45) is 0 Å². The number of hydrogen-bond acceptors (Lipinski definition) is 2. The van der Waals surface area contributed by atoms with Gasteiger partial charge in [-0.2, -0.15) is 0 Å². The number of aliphatic hydroxyl groups excluding tert-OH is 1. The molecule has 1 aromatic heterocycles. The first-order valence-corrected chi connectivity index (χ1v) is 9.46. The molecule has 0 aliphatic carbocycles. The fraction of sp³-hybridized carbons (Fsp3) is 0.348. The molecule has 1 heterocycles. The molecule has 0 saturated carbocycles. The Bertz CT molecular complexity index is 918. The maximum absolute atomic E-state index is 12.3. The number of anilines is 1. The van der Waals surface area contributed by atoms with Crippen LogP contribution in [-0.4, -0.2) is 22.2 Å². The van der Waals surface area contributed by atoms with Crippen LogP contribution in [0, 0.1) is 0 Å². The smallest absolute Gasteiger partial charge is 0.224 e. The molecule has 3 aromatic rings. The Kier molecular flexibility index (Phi) is 5.66. The fourth-order valence-electron chi connectivity index (χ4n) is 3.22. The molecule has 4 heteroatoms. The topological polar surface area (TPSA) is 54.3 Å². The summed E-state index contributed by atoms with van der Waals surface area (Å²) in [5, 5.41) is 13.2. The largest absolute Gasteiger partial charge is 0.395 e. The number of aliphatic hydroxyl groups is 1. The highest BCUT2D eigenvalue weighted by molar-refractivity contribution is 5.93. The molecule has 2 N–H and O–H groups in total. The van der Waals surface area contributed by atoms with E-state index in [1.54, 1.807) is 0 Å². The first-order valence-electron chi connectivity index (χ1n) is 9.46. The minimum atomic E-state index is 0.00881. The Morgan fingerprint density at radius 2 is 1.81 bits per heavy atom. The molecule has 1 amide bonds. The molecule has 0 bridgehead atoms. The lowest BCUT2D eigenvalue weighted by molar-refractivity contribution is -0.116. The summed E-state index contributed by atoms with van der Waals surface area (Å²) < 4.78 is 1.99. The van der Waals surface area contributed by atoms with E-state index in [0.29, 0.717) is 13.0 Å². The van der Waals surface area contributed by atoms with Crippen LogP contribution < -0.4 is 5.32 Å². The van der Waals surface area contributed by atoms with Crippen LogP contribution in [0.4, 0.5) is 5.69 Å². The van der Waals surface area contributed by atoms with Crippen LogP contribution >= 0.6 is 0 Å². The molecule has 0 aliphatic heterocycles. The molecule has 0 spiro atoms. The summed E-state index contributed by atoms with van der Waals surface area (Å²) in [4.78, 5) is 12.3. The second kappa shape index (κ2) is 7.97. The van der Waals surface area contributed by atoms with Gasteiger partial charge < -0.3 is 15.0 Å². The third-order valence-corrected chi connectivity index (χ3v) is 4.86. The highest BCUT2D eigenvalue weighted by atomic mass is 16.3. The van der Waals surface area contributed by atoms with Crippen molar-refractivity contribution in [2.45, 2.75) is 45.6 Å². The van der Waals surface area contributed by atoms with Crippen molar-refractivity contribution in [2.75, 3.05) is 11.9 Å². The Morgan fingerprint density at radius 3 is 2.48 bits per heavy atom. The van der Waals surface area contributed by atoms with Crippen molar-refractivity contribution in [3.05, 3.63) is 65.9 Å². The van der Waals surface area contributed by atoms with E-state index < -0.39 is 0 Å². The van der Waals surface area contributed by atoms with Crippen molar-refractivity contribution in [3.63, 3.8) is 0 Å². The van der Waals surface area contributed by atoms with Gasteiger partial charge in [0.25, 0.3) is 0 Å². The molecular formula is C23H28N2O2. The minimum absolute atomic E-state index is 0.00881. The van der Waals surface area contributed by atoms with E-state index in [9.17, 15) is 4.79 Å². The average Bonchev–Trinajstić information content (AvgIpc) is 3.02. The summed E-state index contributed by atoms with van der Waals surface area (Å²) >= 11 is 0. The van der Waals surface area contributed by atoms with E-state index in [4.69, 9.17) is 5.11 Å². The summed E-state index contributed by atoms with van der Waals surface area (Å²) in [7, 11) is 0. The third kappa shape index (κ3) is 4.77. The van der Waals surface area contributed by atoms with Gasteiger partial charge in [0.05, 0.1) is 12.1 Å². The van der Waals surface area contributed by atoms with Crippen molar-refractivity contribution in [1.29, 1.82) is 0 Å². The minimum Gasteiger partial charge on any atom is -0.395 e. The molecular weight excluding hydrogens is 336 g/mol. The van der Waals surface area contributed by atoms with E-state index in [1.807, 2.05) is 35.0 Å². The zero-order chi connectivity index (χ0) is 19.4. The standard InChI is InChI=1S/C23H28N2O2/c1-23(2,3)19-8-4-17(5-9-19)6-11-22(27)24-20-10-7-18-12-13-25(14-15-26)21(18)16-20/h4-5,7-10,12-13,16,26H,6,11,14-15H2,1-3H3,(H,24,27). The predicted molar refractivity (Wildman–Crippen MR) is 111 cm³/mol. The van der Waals surface area contributed by atoms with Gasteiger partial charge in [0, 0.05) is 24.8 Å². The van der Waals surface area contributed by atoms with Gasteiger partial charge in [-0.25, -0.2) is 0 Å². The van der Waals surface area contributed by atoms with E-state index in [0.717, 1.165) is 23.0 Å². The molecule has 0 fully saturated rings. The zero-order valence-corrected chi connectivity index (χ0v) is 16.3. The summed E-state index contributed by atoms with van der Waals surface area (Å²) in [6.07, 6.45) is 3.12. The highest BCUT2D eigenvalue weighted by Gasteiger charge is 2.13. The maximum atomic E-state index is 12.3. The lowest BCUT2D eigenvalue weighted by Crippen LogP contribution is -2.13. The summed E-state index contributed by atoms with van der Waals surface area (Å²) in [5.41, 5.74) is 4.41. The molecule has 0 aliphatic rings. The van der Waals surface area contributed by atoms with Crippen LogP contribution in [0.15, 0.2) is 54.7 Å². The molecule has 4 nitrogen and oxygen atoms in total. The van der Waals surface area contributed by atoms with Crippen molar-refractivity contribution >= 4 is 22.5 Å². The van der Waals surface area contributed by atoms with Crippen LogP contribution in [0.1, 0.15) is 38.3 Å². The summed E-state index contributed by atoms with van der Waals surface area (Å²) in [6, 6.07) is 16.4. The number of rotatable bonds is 6. The van der Waals surface area contributed by atoms with Gasteiger partial charge in [-0.15, -0.1) is 0 Å². The fourth-order valence-corrected chi connectivity index (χ4v) is 3.22. The number of fused-ring (bicyclic) bond motifs is 1. The Labute approximate surface area is 160 Å². The molecule has 2 aromatic carbocycles. The lowest BCUT2D eigenvalue weighted by Gasteiger charge is -2.19. The second-order valence-electron chi connectivity index (χ2n) is 8.00. The quantitative estimate of drug-likeness (QED) is 0.676. The average molecular weight is 364 g/mol. The molecule has 142 valence electrons. The Balaban J connectivity index is 1.60. The second-order valence-corrected chi connectivity index (χ2v) is 8.00. The predicted octanol–water partition coefficient (Wildman–Crippen LogP) is 4.50. The molecule has 3 rings (SSSR count). The van der Waals surface area contributed by atoms with E-state index in [1.165, 1.54) is 11.1 Å². The van der Waals surface area contributed by atoms with Crippen molar-refractivity contribution < 1.29 is 9.90 Å². The number of hydrogen-bond donors (Lipinski definition) is 2. The van der Waals surface area contributed by atoms with Gasteiger partial charge in [0.2, 0.25) is 5.91 Å². The van der Waals surface area contributed by atoms with Gasteiger partial charge in [-0.1, -0.05) is 51.1 Å². The van der Waals surface area contributed by atoms with Crippen molar-refractivity contribution in [3.8, 4) is 0 Å². The third-order valence-electron chi connectivity index (χ3n) is 4.86. The molecule has 0 unspecified atom stereocenters. The van der Waals surface area contributed by atoms with E-state index in [-0.39, 0.29) is 17.9 Å². The van der Waals surface area contributed by atoms with E-state index in [2.05, 4.69) is 50.4 Å². The number of benzene rings is 2. The van der Waals surface area contributed by atoms with Gasteiger partial charge in [-0.05, 0) is 46.5 Å². The van der Waals surface area contributed by atoms with Gasteiger partial charge in [-0.3, -0.25) is 4.79 Å². The highest BCUT2D eigenvalue weighted by Crippen LogP contribution is 2.23. The first kappa shape index (κ1) is 19.2. The molecule has 0 atom stereocenters. The number of carbonyl (C=O) groups excluding carboxylic acids is 1. The van der Waals surface area contributed by atoms with Gasteiger partial charge in [0.1, 0.15) is 0 Å². The van der Waals surface area contributed by atoms with E-state index >= 15 is 0 Å². The Hall–Kier alpha value is -2.59. The van der Waals surface area contributed by atoms with Crippen LogP contribution in [0.3, 0.4) is 0 Å². The van der Waals surface area contributed by atoms with Crippen LogP contribution in [0.25, 0.3) is 10.9 Å². The number of nitrogens with zero attached hydrogens (tertiary/aromatic N) is 1. The van der Waals surface area contributed by atoms with Crippen molar-refractivity contribution in [1.82, 2.24) is 4.57 Å². The number of carbonyl (C=O) groups is 1. The molecule has 0 saturated heterocycles. The van der Waals surface area contributed by atoms with Crippen LogP contribution in [0.5, 0.6) is 0 Å². The summed E-state index contributed by atoms with van der Waals surface area (Å²) in [6.45, 7) is 7.23. The SMILES string of the molecule is CC(C)(C)c1ccc(CCC(=O)Nc2ccc3ccn(CCO)c3c2)cc1. The normalized spacial score (nSPS) is 11.7. The van der Waals surface area contributed by atoms with Crippen LogP contribution in [-0.2, 0) is 23.2 Å². The zero-order valence-electron chi connectivity index (χ0n) is 16.3. The number of aromatic nitrogens is 1.